The number of nitrogens with zero attached hydrogens (tertiary/aromatic N) is 1. The maximum absolute atomic E-state index is 11.9. The van der Waals surface area contributed by atoms with E-state index in [0.29, 0.717) is 20.9 Å². The molecular weight excluding hydrogens is 344 g/mol. The van der Waals surface area contributed by atoms with Crippen LogP contribution in [0.2, 0.25) is 0 Å². The maximum atomic E-state index is 11.9. The number of hydrogen-bond acceptors (Lipinski definition) is 6. The number of nitro groups is 1. The standard InChI is InChI=1S/C17H16N2O5S/c1-18-17(21)12-5-3-4-6-14(12)25-15-8-7-11(10-16(20)24-2)9-13(15)19(22)23/h3-9H,10H2,1-2H3,(H,18,21). The molecule has 1 N–H and O–H groups in total. The summed E-state index contributed by atoms with van der Waals surface area (Å²) in [7, 11) is 2.78. The van der Waals surface area contributed by atoms with Gasteiger partial charge in [-0.25, -0.2) is 0 Å². The summed E-state index contributed by atoms with van der Waals surface area (Å²) < 4.78 is 4.58. The Bertz CT molecular complexity index is 822. The van der Waals surface area contributed by atoms with E-state index in [-0.39, 0.29) is 18.0 Å². The van der Waals surface area contributed by atoms with Gasteiger partial charge in [0.25, 0.3) is 11.6 Å². The first-order chi connectivity index (χ1) is 12.0. The average molecular weight is 360 g/mol. The molecular formula is C17H16N2O5S. The van der Waals surface area contributed by atoms with Crippen LogP contribution in [0.1, 0.15) is 15.9 Å². The zero-order chi connectivity index (χ0) is 18.4. The van der Waals surface area contributed by atoms with Crippen molar-refractivity contribution in [2.24, 2.45) is 0 Å². The number of carbonyl (C=O) groups excluding carboxylic acids is 2. The number of esters is 1. The second kappa shape index (κ2) is 8.29. The molecule has 2 aromatic carbocycles. The van der Waals surface area contributed by atoms with Gasteiger partial charge in [-0.05, 0) is 23.8 Å². The number of benzene rings is 2. The zero-order valence-corrected chi connectivity index (χ0v) is 14.5. The third-order valence-electron chi connectivity index (χ3n) is 3.37. The van der Waals surface area contributed by atoms with Crippen LogP contribution in [-0.2, 0) is 16.0 Å². The lowest BCUT2D eigenvalue weighted by Crippen LogP contribution is -2.18. The number of methoxy groups -OCH3 is 1. The van der Waals surface area contributed by atoms with Crippen LogP contribution in [-0.4, -0.2) is 31.0 Å². The number of ether oxygens (including phenoxy) is 1. The Morgan fingerprint density at radius 3 is 2.56 bits per heavy atom. The SMILES string of the molecule is CNC(=O)c1ccccc1Sc1ccc(CC(=O)OC)cc1[N+](=O)[O-]. The summed E-state index contributed by atoms with van der Waals surface area (Å²) in [6.45, 7) is 0. The van der Waals surface area contributed by atoms with Gasteiger partial charge in [-0.1, -0.05) is 30.0 Å². The highest BCUT2D eigenvalue weighted by molar-refractivity contribution is 7.99. The molecule has 0 aliphatic rings. The van der Waals surface area contributed by atoms with E-state index in [2.05, 4.69) is 10.1 Å². The Morgan fingerprint density at radius 1 is 1.20 bits per heavy atom. The highest BCUT2D eigenvalue weighted by Crippen LogP contribution is 2.37. The predicted octanol–water partition coefficient (Wildman–Crippen LogP) is 2.82. The van der Waals surface area contributed by atoms with Gasteiger partial charge in [0.1, 0.15) is 0 Å². The fourth-order valence-corrected chi connectivity index (χ4v) is 3.17. The van der Waals surface area contributed by atoms with Crippen molar-refractivity contribution in [3.63, 3.8) is 0 Å². The maximum Gasteiger partial charge on any atom is 0.309 e. The molecule has 0 aliphatic carbocycles. The number of rotatable bonds is 6. The van der Waals surface area contributed by atoms with Crippen LogP contribution >= 0.6 is 11.8 Å². The summed E-state index contributed by atoms with van der Waals surface area (Å²) in [5.41, 5.74) is 0.795. The van der Waals surface area contributed by atoms with Crippen LogP contribution in [0.15, 0.2) is 52.3 Å². The minimum atomic E-state index is -0.508. The van der Waals surface area contributed by atoms with Gasteiger partial charge in [0.2, 0.25) is 0 Å². The molecule has 25 heavy (non-hydrogen) atoms. The first kappa shape index (κ1) is 18.5. The van der Waals surface area contributed by atoms with Crippen LogP contribution in [0.4, 0.5) is 5.69 Å². The minimum Gasteiger partial charge on any atom is -0.469 e. The van der Waals surface area contributed by atoms with Crippen LogP contribution < -0.4 is 5.32 Å². The van der Waals surface area contributed by atoms with Crippen molar-refractivity contribution in [2.75, 3.05) is 14.2 Å². The lowest BCUT2D eigenvalue weighted by Gasteiger charge is -2.09. The number of hydrogen-bond donors (Lipinski definition) is 1. The number of carbonyl (C=O) groups is 2. The second-order valence-electron chi connectivity index (χ2n) is 4.99. The van der Waals surface area contributed by atoms with E-state index in [1.165, 1.54) is 20.2 Å². The summed E-state index contributed by atoms with van der Waals surface area (Å²) in [6, 6.07) is 11.4. The first-order valence-electron chi connectivity index (χ1n) is 7.29. The van der Waals surface area contributed by atoms with Crippen LogP contribution in [0.5, 0.6) is 0 Å². The van der Waals surface area contributed by atoms with Crippen LogP contribution in [0.25, 0.3) is 0 Å². The molecule has 0 atom stereocenters. The molecule has 1 amide bonds. The Kier molecular flexibility index (Phi) is 6.13. The monoisotopic (exact) mass is 360 g/mol. The lowest BCUT2D eigenvalue weighted by molar-refractivity contribution is -0.387. The lowest BCUT2D eigenvalue weighted by atomic mass is 10.1. The third-order valence-corrected chi connectivity index (χ3v) is 4.52. The van der Waals surface area contributed by atoms with Gasteiger partial charge >= 0.3 is 5.97 Å². The molecule has 0 spiro atoms. The number of nitro benzene ring substituents is 1. The zero-order valence-electron chi connectivity index (χ0n) is 13.6. The van der Waals surface area contributed by atoms with E-state index < -0.39 is 10.9 Å². The molecule has 0 heterocycles. The molecule has 8 heteroatoms. The smallest absolute Gasteiger partial charge is 0.309 e. The van der Waals surface area contributed by atoms with E-state index in [9.17, 15) is 19.7 Å². The first-order valence-corrected chi connectivity index (χ1v) is 8.11. The topological polar surface area (TPSA) is 98.5 Å². The molecule has 0 fully saturated rings. The molecule has 0 aromatic heterocycles. The van der Waals surface area contributed by atoms with Gasteiger partial charge in [0.15, 0.2) is 0 Å². The largest absolute Gasteiger partial charge is 0.469 e. The Hall–Kier alpha value is -2.87. The average Bonchev–Trinajstić information content (AvgIpc) is 2.62. The fraction of sp³-hybridized carbons (Fsp3) is 0.176. The predicted molar refractivity (Wildman–Crippen MR) is 92.8 cm³/mol. The van der Waals surface area contributed by atoms with Crippen molar-refractivity contribution in [3.05, 3.63) is 63.7 Å². The molecule has 0 bridgehead atoms. The van der Waals surface area contributed by atoms with Gasteiger partial charge in [-0.2, -0.15) is 0 Å². The van der Waals surface area contributed by atoms with Crippen molar-refractivity contribution in [2.45, 2.75) is 16.2 Å². The molecule has 0 saturated heterocycles. The summed E-state index contributed by atoms with van der Waals surface area (Å²) in [6.07, 6.45) is -0.0445. The normalized spacial score (nSPS) is 10.2. The van der Waals surface area contributed by atoms with Crippen molar-refractivity contribution >= 4 is 29.3 Å². The van der Waals surface area contributed by atoms with Crippen molar-refractivity contribution in [1.82, 2.24) is 5.32 Å². The van der Waals surface area contributed by atoms with Crippen LogP contribution in [0, 0.1) is 10.1 Å². The Balaban J connectivity index is 2.38. The molecule has 0 aliphatic heterocycles. The van der Waals surface area contributed by atoms with E-state index in [4.69, 9.17) is 0 Å². The third kappa shape index (κ3) is 4.57. The van der Waals surface area contributed by atoms with E-state index in [1.807, 2.05) is 0 Å². The summed E-state index contributed by atoms with van der Waals surface area (Å²) >= 11 is 1.13. The summed E-state index contributed by atoms with van der Waals surface area (Å²) in [5, 5.41) is 13.9. The van der Waals surface area contributed by atoms with Gasteiger partial charge in [0, 0.05) is 18.0 Å². The Labute approximate surface area is 148 Å². The summed E-state index contributed by atoms with van der Waals surface area (Å²) in [5.74, 6) is -0.743. The molecule has 0 radical (unpaired) electrons. The molecule has 2 aromatic rings. The fourth-order valence-electron chi connectivity index (χ4n) is 2.14. The van der Waals surface area contributed by atoms with Gasteiger partial charge in [0.05, 0.1) is 28.9 Å². The van der Waals surface area contributed by atoms with Crippen molar-refractivity contribution in [1.29, 1.82) is 0 Å². The van der Waals surface area contributed by atoms with E-state index in [1.54, 1.807) is 36.4 Å². The molecule has 0 saturated carbocycles. The Morgan fingerprint density at radius 2 is 1.92 bits per heavy atom. The van der Waals surface area contributed by atoms with E-state index >= 15 is 0 Å². The quantitative estimate of drug-likeness (QED) is 0.483. The molecule has 7 nitrogen and oxygen atoms in total. The second-order valence-corrected chi connectivity index (χ2v) is 6.07. The number of nitrogens with one attached hydrogen (secondary N) is 1. The minimum absolute atomic E-state index is 0.0445. The highest BCUT2D eigenvalue weighted by atomic mass is 32.2. The molecule has 2 rings (SSSR count). The molecule has 130 valence electrons. The molecule has 0 unspecified atom stereocenters. The highest BCUT2D eigenvalue weighted by Gasteiger charge is 2.19. The van der Waals surface area contributed by atoms with Crippen molar-refractivity contribution in [3.8, 4) is 0 Å². The van der Waals surface area contributed by atoms with Gasteiger partial charge < -0.3 is 10.1 Å². The van der Waals surface area contributed by atoms with E-state index in [0.717, 1.165) is 11.8 Å². The summed E-state index contributed by atoms with van der Waals surface area (Å²) in [4.78, 5) is 35.2. The van der Waals surface area contributed by atoms with Gasteiger partial charge in [-0.15, -0.1) is 0 Å². The van der Waals surface area contributed by atoms with Gasteiger partial charge in [-0.3, -0.25) is 19.7 Å². The number of amides is 1. The van der Waals surface area contributed by atoms with Crippen LogP contribution in [0.3, 0.4) is 0 Å². The van der Waals surface area contributed by atoms with Crippen molar-refractivity contribution < 1.29 is 19.2 Å².